The maximum atomic E-state index is 12.9. The van der Waals surface area contributed by atoms with Gasteiger partial charge in [-0.05, 0) is 56.5 Å². The van der Waals surface area contributed by atoms with Crippen LogP contribution in [0.25, 0.3) is 0 Å². The van der Waals surface area contributed by atoms with Crippen molar-refractivity contribution < 1.29 is 9.53 Å². The summed E-state index contributed by atoms with van der Waals surface area (Å²) in [6, 6.07) is 12.5. The first kappa shape index (κ1) is 20.8. The number of hydrogen-bond acceptors (Lipinski definition) is 5. The number of carbonyl (C=O) groups excluding carboxylic acids is 1. The lowest BCUT2D eigenvalue weighted by atomic mass is 10.0. The molecule has 6 nitrogen and oxygen atoms in total. The van der Waals surface area contributed by atoms with Crippen LogP contribution in [-0.2, 0) is 11.3 Å². The Bertz CT molecular complexity index is 809. The molecule has 0 aliphatic carbocycles. The number of likely N-dealkylation sites (tertiary alicyclic amines) is 1. The fraction of sp³-hybridized carbons (Fsp3) is 0.500. The van der Waals surface area contributed by atoms with Gasteiger partial charge in [-0.1, -0.05) is 12.1 Å². The number of pyridine rings is 1. The molecule has 1 amide bonds. The van der Waals surface area contributed by atoms with Crippen LogP contribution in [0.4, 0.5) is 5.69 Å². The summed E-state index contributed by atoms with van der Waals surface area (Å²) in [6.45, 7) is 8.61. The molecule has 0 spiro atoms. The number of benzene rings is 1. The fourth-order valence-corrected chi connectivity index (χ4v) is 4.52. The topological polar surface area (TPSA) is 57.7 Å². The number of amides is 1. The average molecular weight is 409 g/mol. The largest absolute Gasteiger partial charge is 0.381 e. The van der Waals surface area contributed by atoms with Crippen molar-refractivity contribution in [2.45, 2.75) is 51.5 Å². The van der Waals surface area contributed by atoms with E-state index in [0.717, 1.165) is 56.8 Å². The van der Waals surface area contributed by atoms with E-state index in [-0.39, 0.29) is 18.1 Å². The molecular weight excluding hydrogens is 376 g/mol. The second-order valence-corrected chi connectivity index (χ2v) is 8.60. The number of nitrogens with zero attached hydrogens (tertiary/aromatic N) is 3. The monoisotopic (exact) mass is 408 g/mol. The summed E-state index contributed by atoms with van der Waals surface area (Å²) in [6.07, 6.45) is 6.06. The van der Waals surface area contributed by atoms with Crippen molar-refractivity contribution in [2.24, 2.45) is 0 Å². The lowest BCUT2D eigenvalue weighted by Crippen LogP contribution is -2.44. The molecule has 0 radical (unpaired) electrons. The lowest BCUT2D eigenvalue weighted by molar-refractivity contribution is -0.0704. The van der Waals surface area contributed by atoms with Crippen molar-refractivity contribution >= 4 is 11.6 Å². The minimum atomic E-state index is 0.134. The van der Waals surface area contributed by atoms with E-state index in [4.69, 9.17) is 4.74 Å². The maximum Gasteiger partial charge on any atom is 0.253 e. The molecule has 1 aromatic heterocycles. The summed E-state index contributed by atoms with van der Waals surface area (Å²) in [5.41, 5.74) is 3.07. The highest BCUT2D eigenvalue weighted by Gasteiger charge is 2.24. The van der Waals surface area contributed by atoms with Crippen molar-refractivity contribution in [3.63, 3.8) is 0 Å². The Morgan fingerprint density at radius 2 is 1.80 bits per heavy atom. The first-order chi connectivity index (χ1) is 14.6. The second kappa shape index (κ2) is 9.58. The van der Waals surface area contributed by atoms with Crippen LogP contribution in [0.2, 0.25) is 0 Å². The van der Waals surface area contributed by atoms with Gasteiger partial charge in [0.05, 0.1) is 17.9 Å². The molecule has 2 saturated heterocycles. The van der Waals surface area contributed by atoms with Gasteiger partial charge in [0.25, 0.3) is 5.91 Å². The zero-order chi connectivity index (χ0) is 20.9. The number of morpholine rings is 1. The summed E-state index contributed by atoms with van der Waals surface area (Å²) in [4.78, 5) is 21.5. The Morgan fingerprint density at radius 1 is 1.10 bits per heavy atom. The Labute approximate surface area is 179 Å². The molecule has 2 aromatic rings. The van der Waals surface area contributed by atoms with E-state index in [0.29, 0.717) is 6.04 Å². The molecule has 30 heavy (non-hydrogen) atoms. The van der Waals surface area contributed by atoms with E-state index >= 15 is 0 Å². The highest BCUT2D eigenvalue weighted by Crippen LogP contribution is 2.19. The third-order valence-corrected chi connectivity index (χ3v) is 5.92. The molecule has 2 aliphatic heterocycles. The van der Waals surface area contributed by atoms with Gasteiger partial charge in [0.1, 0.15) is 0 Å². The van der Waals surface area contributed by atoms with Gasteiger partial charge in [-0.3, -0.25) is 14.7 Å². The average Bonchev–Trinajstić information content (AvgIpc) is 2.74. The number of carbonyl (C=O) groups is 1. The Morgan fingerprint density at radius 3 is 2.43 bits per heavy atom. The zero-order valence-corrected chi connectivity index (χ0v) is 18.0. The third kappa shape index (κ3) is 5.37. The van der Waals surface area contributed by atoms with Crippen LogP contribution in [0.15, 0.2) is 48.8 Å². The Hall–Kier alpha value is -2.44. The van der Waals surface area contributed by atoms with Crippen molar-refractivity contribution in [1.29, 1.82) is 0 Å². The smallest absolute Gasteiger partial charge is 0.253 e. The highest BCUT2D eigenvalue weighted by atomic mass is 16.5. The predicted molar refractivity (Wildman–Crippen MR) is 119 cm³/mol. The van der Waals surface area contributed by atoms with E-state index < -0.39 is 0 Å². The molecule has 4 rings (SSSR count). The van der Waals surface area contributed by atoms with Crippen LogP contribution in [-0.4, -0.2) is 65.1 Å². The molecule has 160 valence electrons. The van der Waals surface area contributed by atoms with Crippen LogP contribution in [0, 0.1) is 0 Å². The first-order valence-electron chi connectivity index (χ1n) is 11.0. The number of ether oxygens (including phenoxy) is 1. The van der Waals surface area contributed by atoms with E-state index in [1.807, 2.05) is 35.4 Å². The molecule has 1 aromatic carbocycles. The maximum absolute atomic E-state index is 12.9. The molecule has 0 saturated carbocycles. The van der Waals surface area contributed by atoms with Crippen LogP contribution >= 0.6 is 0 Å². The number of piperidine rings is 1. The molecule has 2 unspecified atom stereocenters. The van der Waals surface area contributed by atoms with Crippen molar-refractivity contribution in [1.82, 2.24) is 14.8 Å². The van der Waals surface area contributed by atoms with Crippen molar-refractivity contribution in [3.05, 3.63) is 59.9 Å². The third-order valence-electron chi connectivity index (χ3n) is 5.92. The zero-order valence-electron chi connectivity index (χ0n) is 18.0. The molecule has 0 bridgehead atoms. The highest BCUT2D eigenvalue weighted by molar-refractivity contribution is 5.94. The standard InChI is InChI=1S/C24H32N4O2/c1-18-15-27(16-19(2)30-18)17-20-5-7-21(8-6-20)24(29)28-12-9-22(10-13-28)26-23-4-3-11-25-14-23/h3-8,11,14,18-19,22,26H,9-10,12-13,15-17H2,1-2H3. The minimum absolute atomic E-state index is 0.134. The lowest BCUT2D eigenvalue weighted by Gasteiger charge is -2.35. The van der Waals surface area contributed by atoms with E-state index in [1.165, 1.54) is 5.56 Å². The predicted octanol–water partition coefficient (Wildman–Crippen LogP) is 3.41. The summed E-state index contributed by atoms with van der Waals surface area (Å²) in [5, 5.41) is 3.52. The van der Waals surface area contributed by atoms with Gasteiger partial charge < -0.3 is 15.0 Å². The summed E-state index contributed by atoms with van der Waals surface area (Å²) in [5.74, 6) is 0.134. The van der Waals surface area contributed by atoms with Gasteiger partial charge >= 0.3 is 0 Å². The number of anilines is 1. The molecule has 3 heterocycles. The van der Waals surface area contributed by atoms with Gasteiger partial charge in [-0.15, -0.1) is 0 Å². The van der Waals surface area contributed by atoms with Crippen molar-refractivity contribution in [3.8, 4) is 0 Å². The fourth-order valence-electron chi connectivity index (χ4n) is 4.52. The van der Waals surface area contributed by atoms with Crippen molar-refractivity contribution in [2.75, 3.05) is 31.5 Å². The molecule has 2 atom stereocenters. The molecule has 6 heteroatoms. The van der Waals surface area contributed by atoms with Crippen LogP contribution in [0.1, 0.15) is 42.6 Å². The Balaban J connectivity index is 1.28. The minimum Gasteiger partial charge on any atom is -0.381 e. The number of hydrogen-bond donors (Lipinski definition) is 1. The van der Waals surface area contributed by atoms with E-state index in [2.05, 4.69) is 41.2 Å². The summed E-state index contributed by atoms with van der Waals surface area (Å²) >= 11 is 0. The molecule has 2 fully saturated rings. The molecule has 2 aliphatic rings. The molecular formula is C24H32N4O2. The number of aromatic nitrogens is 1. The second-order valence-electron chi connectivity index (χ2n) is 8.60. The summed E-state index contributed by atoms with van der Waals surface area (Å²) < 4.78 is 5.81. The van der Waals surface area contributed by atoms with E-state index in [9.17, 15) is 4.79 Å². The van der Waals surface area contributed by atoms with Crippen LogP contribution in [0.3, 0.4) is 0 Å². The number of rotatable bonds is 5. The van der Waals surface area contributed by atoms with Crippen LogP contribution in [0.5, 0.6) is 0 Å². The van der Waals surface area contributed by atoms with Gasteiger partial charge in [0.2, 0.25) is 0 Å². The summed E-state index contributed by atoms with van der Waals surface area (Å²) in [7, 11) is 0. The Kier molecular flexibility index (Phi) is 6.65. The normalized spacial score (nSPS) is 23.3. The first-order valence-corrected chi connectivity index (χ1v) is 11.0. The van der Waals surface area contributed by atoms with E-state index in [1.54, 1.807) is 6.20 Å². The van der Waals surface area contributed by atoms with Gasteiger partial charge in [-0.25, -0.2) is 0 Å². The number of nitrogens with one attached hydrogen (secondary N) is 1. The van der Waals surface area contributed by atoms with Gasteiger partial charge in [0, 0.05) is 56.7 Å². The SMILES string of the molecule is CC1CN(Cc2ccc(C(=O)N3CCC(Nc4cccnc4)CC3)cc2)CC(C)O1. The van der Waals surface area contributed by atoms with Gasteiger partial charge in [-0.2, -0.15) is 0 Å². The quantitative estimate of drug-likeness (QED) is 0.822. The molecule has 1 N–H and O–H groups in total. The van der Waals surface area contributed by atoms with Crippen LogP contribution < -0.4 is 5.32 Å². The van der Waals surface area contributed by atoms with Gasteiger partial charge in [0.15, 0.2) is 0 Å².